The fourth-order valence-electron chi connectivity index (χ4n) is 5.42. The average molecular weight is 575 g/mol. The molecule has 1 aliphatic carbocycles. The average Bonchev–Trinajstić information content (AvgIpc) is 3.74. The lowest BCUT2D eigenvalue weighted by Gasteiger charge is -2.33. The van der Waals surface area contributed by atoms with Crippen LogP contribution in [0.5, 0.6) is 17.2 Å². The Bertz CT molecular complexity index is 1490. The van der Waals surface area contributed by atoms with E-state index in [0.717, 1.165) is 43.4 Å². The number of nitrogens with zero attached hydrogens (tertiary/aromatic N) is 5. The molecule has 2 heterocycles. The molecule has 12 nitrogen and oxygen atoms in total. The largest absolute Gasteiger partial charge is 0.493 e. The van der Waals surface area contributed by atoms with Crippen molar-refractivity contribution in [1.82, 2.24) is 25.5 Å². The van der Waals surface area contributed by atoms with Crippen LogP contribution >= 0.6 is 0 Å². The van der Waals surface area contributed by atoms with E-state index in [2.05, 4.69) is 20.8 Å². The minimum atomic E-state index is -1.11. The van der Waals surface area contributed by atoms with Crippen molar-refractivity contribution in [2.45, 2.75) is 51.1 Å². The van der Waals surface area contributed by atoms with Crippen molar-refractivity contribution in [3.05, 3.63) is 71.9 Å². The fraction of sp³-hybridized carbons (Fsp3) is 0.367. The normalized spacial score (nSPS) is 14.2. The Balaban J connectivity index is 1.68. The molecule has 1 unspecified atom stereocenters. The molecule has 2 aromatic heterocycles. The van der Waals surface area contributed by atoms with Crippen LogP contribution in [0.4, 0.5) is 5.69 Å². The Labute approximate surface area is 243 Å². The second-order valence-electron chi connectivity index (χ2n) is 10.1. The van der Waals surface area contributed by atoms with Crippen molar-refractivity contribution in [2.75, 3.05) is 26.2 Å². The molecule has 5 rings (SSSR count). The summed E-state index contributed by atoms with van der Waals surface area (Å²) in [6.07, 6.45) is 7.87. The summed E-state index contributed by atoms with van der Waals surface area (Å²) < 4.78 is 23.8. The van der Waals surface area contributed by atoms with Crippen LogP contribution in [0.3, 0.4) is 0 Å². The van der Waals surface area contributed by atoms with Crippen LogP contribution in [0.2, 0.25) is 0 Å². The van der Waals surface area contributed by atoms with E-state index in [-0.39, 0.29) is 17.7 Å². The highest BCUT2D eigenvalue weighted by atomic mass is 16.5. The highest BCUT2D eigenvalue weighted by molar-refractivity contribution is 6.09. The maximum atomic E-state index is 14.3. The lowest BCUT2D eigenvalue weighted by Crippen LogP contribution is -2.47. The number of anilines is 1. The molecule has 0 bridgehead atoms. The second-order valence-corrected chi connectivity index (χ2v) is 10.1. The summed E-state index contributed by atoms with van der Waals surface area (Å²) in [5.41, 5.74) is 2.46. The fourth-order valence-corrected chi connectivity index (χ4v) is 5.42. The number of aryl methyl sites for hydroxylation is 1. The molecule has 220 valence electrons. The first-order chi connectivity index (χ1) is 20.4. The lowest BCUT2D eigenvalue weighted by molar-refractivity contribution is -0.123. The molecular formula is C30H34N6O6. The molecule has 12 heteroatoms. The SMILES string of the molecule is COc1cc(C(C(=O)NC2CCCCC2)N(C(=O)c2ccco2)c2ccc(-n3cnnn3)c(C)c2)cc(OC)c1OC. The smallest absolute Gasteiger partial charge is 0.294 e. The molecule has 1 aliphatic rings. The maximum absolute atomic E-state index is 14.3. The summed E-state index contributed by atoms with van der Waals surface area (Å²) in [5, 5.41) is 14.6. The molecule has 4 aromatic rings. The molecule has 42 heavy (non-hydrogen) atoms. The molecule has 1 saturated carbocycles. The second kappa shape index (κ2) is 12.8. The Hall–Kier alpha value is -4.87. The lowest BCUT2D eigenvalue weighted by atomic mass is 9.94. The van der Waals surface area contributed by atoms with Gasteiger partial charge in [-0.1, -0.05) is 19.3 Å². The number of hydrogen-bond acceptors (Lipinski definition) is 9. The summed E-state index contributed by atoms with van der Waals surface area (Å²) in [7, 11) is 4.52. The molecular weight excluding hydrogens is 540 g/mol. The number of rotatable bonds is 10. The van der Waals surface area contributed by atoms with Gasteiger partial charge in [0.2, 0.25) is 11.7 Å². The molecule has 2 amide bonds. The van der Waals surface area contributed by atoms with Crippen molar-refractivity contribution in [1.29, 1.82) is 0 Å². The number of aromatic nitrogens is 4. The Morgan fingerprint density at radius 2 is 1.76 bits per heavy atom. The van der Waals surface area contributed by atoms with Gasteiger partial charge in [0.05, 0.1) is 33.3 Å². The number of benzene rings is 2. The molecule has 0 spiro atoms. The van der Waals surface area contributed by atoms with E-state index in [1.165, 1.54) is 43.5 Å². The van der Waals surface area contributed by atoms with Crippen molar-refractivity contribution >= 4 is 17.5 Å². The van der Waals surface area contributed by atoms with E-state index in [4.69, 9.17) is 18.6 Å². The van der Waals surface area contributed by atoms with Gasteiger partial charge in [0.25, 0.3) is 5.91 Å². The van der Waals surface area contributed by atoms with Crippen molar-refractivity contribution in [3.63, 3.8) is 0 Å². The minimum absolute atomic E-state index is 0.000261. The third-order valence-electron chi connectivity index (χ3n) is 7.47. The Morgan fingerprint density at radius 3 is 2.33 bits per heavy atom. The predicted octanol–water partition coefficient (Wildman–Crippen LogP) is 4.43. The molecule has 0 saturated heterocycles. The molecule has 2 aromatic carbocycles. The minimum Gasteiger partial charge on any atom is -0.493 e. The number of tetrazole rings is 1. The van der Waals surface area contributed by atoms with Crippen molar-refractivity contribution in [3.8, 4) is 22.9 Å². The van der Waals surface area contributed by atoms with Gasteiger partial charge in [-0.15, -0.1) is 5.10 Å². The highest BCUT2D eigenvalue weighted by Crippen LogP contribution is 2.42. The van der Waals surface area contributed by atoms with Gasteiger partial charge in [-0.3, -0.25) is 14.5 Å². The molecule has 0 aliphatic heterocycles. The predicted molar refractivity (Wildman–Crippen MR) is 153 cm³/mol. The number of carbonyl (C=O) groups excluding carboxylic acids is 2. The van der Waals surface area contributed by atoms with Crippen LogP contribution < -0.4 is 24.4 Å². The van der Waals surface area contributed by atoms with Crippen molar-refractivity contribution in [2.24, 2.45) is 0 Å². The molecule has 1 atom stereocenters. The van der Waals surface area contributed by atoms with Crippen LogP contribution in [0.1, 0.15) is 59.8 Å². The monoisotopic (exact) mass is 574 g/mol. The number of carbonyl (C=O) groups is 2. The van der Waals surface area contributed by atoms with E-state index in [1.807, 2.05) is 13.0 Å². The van der Waals surface area contributed by atoms with Gasteiger partial charge in [0.1, 0.15) is 12.4 Å². The summed E-state index contributed by atoms with van der Waals surface area (Å²) in [5.74, 6) is 0.349. The Kier molecular flexibility index (Phi) is 8.70. The van der Waals surface area contributed by atoms with E-state index in [0.29, 0.717) is 28.5 Å². The van der Waals surface area contributed by atoms with E-state index >= 15 is 0 Å². The van der Waals surface area contributed by atoms with Gasteiger partial charge >= 0.3 is 0 Å². The number of nitrogens with one attached hydrogen (secondary N) is 1. The molecule has 1 N–H and O–H groups in total. The Morgan fingerprint density at radius 1 is 1.02 bits per heavy atom. The standard InChI is InChI=1S/C30H34N6O6/c1-19-15-22(12-13-23(19)35-18-31-33-34-35)36(30(38)24-11-8-14-42-24)27(29(37)32-21-9-6-5-7-10-21)20-16-25(39-2)28(41-4)26(17-20)40-3/h8,11-18,21,27H,5-7,9-10H2,1-4H3,(H,32,37). The van der Waals surface area contributed by atoms with E-state index < -0.39 is 11.9 Å². The van der Waals surface area contributed by atoms with Crippen LogP contribution in [-0.2, 0) is 4.79 Å². The number of furan rings is 1. The molecule has 0 radical (unpaired) electrons. The first kappa shape index (κ1) is 28.7. The first-order valence-electron chi connectivity index (χ1n) is 13.8. The zero-order valence-corrected chi connectivity index (χ0v) is 24.1. The summed E-state index contributed by atoms with van der Waals surface area (Å²) in [6, 6.07) is 10.8. The van der Waals surface area contributed by atoms with Crippen molar-refractivity contribution < 1.29 is 28.2 Å². The highest BCUT2D eigenvalue weighted by Gasteiger charge is 2.37. The quantitative estimate of drug-likeness (QED) is 0.292. The van der Waals surface area contributed by atoms with Crippen LogP contribution in [0.15, 0.2) is 59.5 Å². The van der Waals surface area contributed by atoms with Gasteiger partial charge in [0.15, 0.2) is 17.3 Å². The zero-order chi connectivity index (χ0) is 29.6. The van der Waals surface area contributed by atoms with Gasteiger partial charge < -0.3 is 23.9 Å². The van der Waals surface area contributed by atoms with E-state index in [9.17, 15) is 9.59 Å². The maximum Gasteiger partial charge on any atom is 0.294 e. The zero-order valence-electron chi connectivity index (χ0n) is 24.1. The topological polar surface area (TPSA) is 134 Å². The number of ether oxygens (including phenoxy) is 3. The molecule has 1 fully saturated rings. The van der Waals surface area contributed by atoms with Crippen LogP contribution in [0, 0.1) is 6.92 Å². The third kappa shape index (κ3) is 5.78. The van der Waals surface area contributed by atoms with Gasteiger partial charge in [0, 0.05) is 11.7 Å². The number of amides is 2. The van der Waals surface area contributed by atoms with Gasteiger partial charge in [-0.05, 0) is 83.8 Å². The number of hydrogen-bond donors (Lipinski definition) is 1. The third-order valence-corrected chi connectivity index (χ3v) is 7.47. The number of methoxy groups -OCH3 is 3. The van der Waals surface area contributed by atoms with Crippen LogP contribution in [-0.4, -0.2) is 59.4 Å². The summed E-state index contributed by atoms with van der Waals surface area (Å²) in [4.78, 5) is 30.0. The van der Waals surface area contributed by atoms with Gasteiger partial charge in [-0.2, -0.15) is 0 Å². The van der Waals surface area contributed by atoms with E-state index in [1.54, 1.807) is 36.4 Å². The first-order valence-corrected chi connectivity index (χ1v) is 13.8. The summed E-state index contributed by atoms with van der Waals surface area (Å²) in [6.45, 7) is 1.88. The van der Waals surface area contributed by atoms with Crippen LogP contribution in [0.25, 0.3) is 5.69 Å². The summed E-state index contributed by atoms with van der Waals surface area (Å²) >= 11 is 0. The van der Waals surface area contributed by atoms with Gasteiger partial charge in [-0.25, -0.2) is 4.68 Å².